The van der Waals surface area contributed by atoms with Crippen LogP contribution in [0.15, 0.2) is 15.9 Å². The topological polar surface area (TPSA) is 57.6 Å². The van der Waals surface area contributed by atoms with Crippen molar-refractivity contribution >= 4 is 39.1 Å². The molecule has 1 unspecified atom stereocenters. The minimum Gasteiger partial charge on any atom is -0.480 e. The van der Waals surface area contributed by atoms with Gasteiger partial charge in [-0.3, -0.25) is 9.59 Å². The van der Waals surface area contributed by atoms with Gasteiger partial charge in [0.2, 0.25) is 5.91 Å². The molecule has 0 fully saturated rings. The Bertz CT molecular complexity index is 461. The monoisotopic (exact) mass is 361 g/mol. The van der Waals surface area contributed by atoms with E-state index in [2.05, 4.69) is 15.9 Å². The van der Waals surface area contributed by atoms with Gasteiger partial charge in [0.1, 0.15) is 6.54 Å². The number of carboxylic acids is 1. The molecule has 20 heavy (non-hydrogen) atoms. The van der Waals surface area contributed by atoms with Crippen LogP contribution >= 0.6 is 27.3 Å². The highest BCUT2D eigenvalue weighted by molar-refractivity contribution is 9.11. The zero-order chi connectivity index (χ0) is 15.1. The summed E-state index contributed by atoms with van der Waals surface area (Å²) in [6.07, 6.45) is 2.76. The summed E-state index contributed by atoms with van der Waals surface area (Å²) < 4.78 is 1.09. The van der Waals surface area contributed by atoms with Crippen molar-refractivity contribution in [1.82, 2.24) is 4.90 Å². The van der Waals surface area contributed by atoms with Crippen molar-refractivity contribution in [2.45, 2.75) is 45.6 Å². The number of aliphatic carboxylic acids is 1. The molecule has 0 spiro atoms. The molecule has 0 radical (unpaired) electrons. The van der Waals surface area contributed by atoms with Crippen LogP contribution in [-0.2, 0) is 16.0 Å². The van der Waals surface area contributed by atoms with Crippen LogP contribution in [-0.4, -0.2) is 34.5 Å². The molecular weight excluding hydrogens is 342 g/mol. The predicted molar refractivity (Wildman–Crippen MR) is 84.1 cm³/mol. The van der Waals surface area contributed by atoms with E-state index in [0.717, 1.165) is 23.0 Å². The normalized spacial score (nSPS) is 12.2. The highest BCUT2D eigenvalue weighted by atomic mass is 79.9. The van der Waals surface area contributed by atoms with Gasteiger partial charge >= 0.3 is 5.97 Å². The van der Waals surface area contributed by atoms with Crippen molar-refractivity contribution in [3.05, 3.63) is 20.8 Å². The maximum atomic E-state index is 12.1. The van der Waals surface area contributed by atoms with Gasteiger partial charge in [0, 0.05) is 17.3 Å². The van der Waals surface area contributed by atoms with Crippen LogP contribution in [0.5, 0.6) is 0 Å². The molecule has 0 aromatic carbocycles. The summed E-state index contributed by atoms with van der Waals surface area (Å²) in [4.78, 5) is 25.7. The molecule has 6 heteroatoms. The number of carbonyl (C=O) groups excluding carboxylic acids is 1. The highest BCUT2D eigenvalue weighted by Gasteiger charge is 2.20. The van der Waals surface area contributed by atoms with Crippen molar-refractivity contribution in [1.29, 1.82) is 0 Å². The van der Waals surface area contributed by atoms with Crippen LogP contribution in [0.3, 0.4) is 0 Å². The quantitative estimate of drug-likeness (QED) is 0.770. The number of rotatable bonds is 8. The molecule has 0 aliphatic rings. The highest BCUT2D eigenvalue weighted by Crippen LogP contribution is 2.23. The van der Waals surface area contributed by atoms with Crippen molar-refractivity contribution in [2.75, 3.05) is 6.54 Å². The van der Waals surface area contributed by atoms with Crippen LogP contribution in [0.2, 0.25) is 0 Å². The molecule has 1 aromatic heterocycles. The van der Waals surface area contributed by atoms with Crippen LogP contribution < -0.4 is 0 Å². The Kier molecular flexibility index (Phi) is 7.23. The minimum absolute atomic E-state index is 0.0329. The molecule has 1 N–H and O–H groups in total. The summed E-state index contributed by atoms with van der Waals surface area (Å²) in [5.74, 6) is -1.03. The Morgan fingerprint density at radius 1 is 1.45 bits per heavy atom. The van der Waals surface area contributed by atoms with Gasteiger partial charge in [-0.05, 0) is 54.2 Å². The molecule has 1 heterocycles. The third-order valence-electron chi connectivity index (χ3n) is 3.19. The number of hydrogen-bond acceptors (Lipinski definition) is 3. The lowest BCUT2D eigenvalue weighted by molar-refractivity contribution is -0.146. The summed E-state index contributed by atoms with van der Waals surface area (Å²) in [5.41, 5.74) is 0. The average molecular weight is 362 g/mol. The molecule has 0 saturated carbocycles. The van der Waals surface area contributed by atoms with Gasteiger partial charge in [-0.1, -0.05) is 6.92 Å². The third kappa shape index (κ3) is 5.63. The number of carboxylic acid groups (broad SMARTS) is 1. The number of thiophene rings is 1. The Balaban J connectivity index is 2.47. The van der Waals surface area contributed by atoms with Gasteiger partial charge in [-0.15, -0.1) is 11.3 Å². The first-order chi connectivity index (χ1) is 9.43. The maximum Gasteiger partial charge on any atom is 0.323 e. The third-order valence-corrected chi connectivity index (χ3v) is 4.87. The van der Waals surface area contributed by atoms with E-state index in [0.29, 0.717) is 6.42 Å². The SMILES string of the molecule is CCC(C)N(CC(=O)O)C(=O)CCCc1ccc(Br)s1. The van der Waals surface area contributed by atoms with Crippen LogP contribution in [0.25, 0.3) is 0 Å². The Morgan fingerprint density at radius 2 is 2.15 bits per heavy atom. The Hall–Kier alpha value is -0.880. The average Bonchev–Trinajstić information content (AvgIpc) is 2.80. The van der Waals surface area contributed by atoms with Gasteiger partial charge in [-0.2, -0.15) is 0 Å². The second-order valence-electron chi connectivity index (χ2n) is 4.73. The smallest absolute Gasteiger partial charge is 0.323 e. The number of nitrogens with zero attached hydrogens (tertiary/aromatic N) is 1. The van der Waals surface area contributed by atoms with E-state index in [9.17, 15) is 9.59 Å². The lowest BCUT2D eigenvalue weighted by atomic mass is 10.1. The van der Waals surface area contributed by atoms with Crippen molar-refractivity contribution in [2.24, 2.45) is 0 Å². The summed E-state index contributed by atoms with van der Waals surface area (Å²) in [6.45, 7) is 3.63. The fourth-order valence-electron chi connectivity index (χ4n) is 1.90. The molecule has 0 aliphatic heterocycles. The largest absolute Gasteiger partial charge is 0.480 e. The van der Waals surface area contributed by atoms with Crippen LogP contribution in [0.4, 0.5) is 0 Å². The van der Waals surface area contributed by atoms with Crippen molar-refractivity contribution in [3.8, 4) is 0 Å². The van der Waals surface area contributed by atoms with Gasteiger partial charge < -0.3 is 10.0 Å². The maximum absolute atomic E-state index is 12.1. The second-order valence-corrected chi connectivity index (χ2v) is 7.28. The van der Waals surface area contributed by atoms with E-state index in [1.807, 2.05) is 26.0 Å². The molecule has 0 bridgehead atoms. The zero-order valence-electron chi connectivity index (χ0n) is 11.8. The van der Waals surface area contributed by atoms with Gasteiger partial charge in [-0.25, -0.2) is 0 Å². The van der Waals surface area contributed by atoms with Crippen LogP contribution in [0.1, 0.15) is 38.0 Å². The summed E-state index contributed by atoms with van der Waals surface area (Å²) in [5, 5.41) is 8.89. The molecule has 4 nitrogen and oxygen atoms in total. The summed E-state index contributed by atoms with van der Waals surface area (Å²) >= 11 is 5.08. The first kappa shape index (κ1) is 17.2. The summed E-state index contributed by atoms with van der Waals surface area (Å²) in [6, 6.07) is 4.01. The fraction of sp³-hybridized carbons (Fsp3) is 0.571. The molecule has 1 amide bonds. The molecule has 112 valence electrons. The fourth-order valence-corrected chi connectivity index (χ4v) is 3.42. The zero-order valence-corrected chi connectivity index (χ0v) is 14.2. The van der Waals surface area contributed by atoms with E-state index in [1.165, 1.54) is 9.78 Å². The first-order valence-corrected chi connectivity index (χ1v) is 8.30. The number of hydrogen-bond donors (Lipinski definition) is 1. The van der Waals surface area contributed by atoms with E-state index in [-0.39, 0.29) is 18.5 Å². The lowest BCUT2D eigenvalue weighted by Crippen LogP contribution is -2.41. The number of halogens is 1. The van der Waals surface area contributed by atoms with Crippen molar-refractivity contribution < 1.29 is 14.7 Å². The number of carbonyl (C=O) groups is 2. The molecule has 0 saturated heterocycles. The second kappa shape index (κ2) is 8.42. The van der Waals surface area contributed by atoms with E-state index in [4.69, 9.17) is 5.11 Å². The first-order valence-electron chi connectivity index (χ1n) is 6.69. The molecule has 1 atom stereocenters. The Morgan fingerprint density at radius 3 is 2.65 bits per heavy atom. The molecule has 1 aromatic rings. The van der Waals surface area contributed by atoms with E-state index < -0.39 is 5.97 Å². The van der Waals surface area contributed by atoms with Gasteiger partial charge in [0.05, 0.1) is 3.79 Å². The minimum atomic E-state index is -0.958. The van der Waals surface area contributed by atoms with Crippen molar-refractivity contribution in [3.63, 3.8) is 0 Å². The number of amides is 1. The lowest BCUT2D eigenvalue weighted by Gasteiger charge is -2.27. The summed E-state index contributed by atoms with van der Waals surface area (Å²) in [7, 11) is 0. The van der Waals surface area contributed by atoms with Crippen LogP contribution in [0, 0.1) is 0 Å². The molecule has 1 rings (SSSR count). The standard InChI is InChI=1S/C14H20BrNO3S/c1-3-10(2)16(9-14(18)19)13(17)6-4-5-11-7-8-12(15)20-11/h7-8,10H,3-6,9H2,1-2H3,(H,18,19). The van der Waals surface area contributed by atoms with E-state index in [1.54, 1.807) is 11.3 Å². The molecular formula is C14H20BrNO3S. The predicted octanol–water partition coefficient (Wildman–Crippen LogP) is 3.55. The number of aryl methyl sites for hydroxylation is 1. The van der Waals surface area contributed by atoms with Gasteiger partial charge in [0.25, 0.3) is 0 Å². The van der Waals surface area contributed by atoms with E-state index >= 15 is 0 Å². The van der Waals surface area contributed by atoms with Gasteiger partial charge in [0.15, 0.2) is 0 Å². The molecule has 0 aliphatic carbocycles. The Labute approximate surface area is 131 Å².